The Morgan fingerprint density at radius 3 is 2.53 bits per heavy atom. The Labute approximate surface area is 92.9 Å². The van der Waals surface area contributed by atoms with E-state index in [0.29, 0.717) is 12.2 Å². The van der Waals surface area contributed by atoms with Gasteiger partial charge in [0, 0.05) is 12.5 Å². The van der Waals surface area contributed by atoms with Crippen LogP contribution in [0.2, 0.25) is 5.28 Å². The van der Waals surface area contributed by atoms with Crippen molar-refractivity contribution in [2.75, 3.05) is 5.73 Å². The maximum Gasteiger partial charge on any atom is 0.224 e. The van der Waals surface area contributed by atoms with Gasteiger partial charge in [-0.05, 0) is 17.2 Å². The Morgan fingerprint density at radius 1 is 1.13 bits per heavy atom. The molecule has 4 heteroatoms. The van der Waals surface area contributed by atoms with Crippen molar-refractivity contribution in [2.24, 2.45) is 0 Å². The first kappa shape index (κ1) is 9.93. The maximum absolute atomic E-state index is 5.71. The van der Waals surface area contributed by atoms with Gasteiger partial charge >= 0.3 is 0 Å². The predicted molar refractivity (Wildman–Crippen MR) is 60.7 cm³/mol. The maximum atomic E-state index is 5.71. The molecule has 2 rings (SSSR count). The zero-order valence-electron chi connectivity index (χ0n) is 8.02. The average Bonchev–Trinajstić information content (AvgIpc) is 2.17. The number of nitrogens with zero attached hydrogens (tertiary/aromatic N) is 2. The molecule has 2 aromatic rings. The molecular weight excluding hydrogens is 210 g/mol. The SMILES string of the molecule is Nc1cc(Cc2ccccc2)nc(Cl)n1. The highest BCUT2D eigenvalue weighted by Gasteiger charge is 2.01. The summed E-state index contributed by atoms with van der Waals surface area (Å²) in [5.74, 6) is 0.404. The van der Waals surface area contributed by atoms with Crippen LogP contribution in [0, 0.1) is 0 Å². The van der Waals surface area contributed by atoms with Gasteiger partial charge in [-0.15, -0.1) is 0 Å². The van der Waals surface area contributed by atoms with Crippen molar-refractivity contribution in [3.8, 4) is 0 Å². The van der Waals surface area contributed by atoms with Gasteiger partial charge in [-0.25, -0.2) is 9.97 Å². The van der Waals surface area contributed by atoms with E-state index in [1.54, 1.807) is 6.07 Å². The fraction of sp³-hybridized carbons (Fsp3) is 0.0909. The van der Waals surface area contributed by atoms with Crippen LogP contribution in [-0.4, -0.2) is 9.97 Å². The largest absolute Gasteiger partial charge is 0.384 e. The quantitative estimate of drug-likeness (QED) is 0.789. The fourth-order valence-electron chi connectivity index (χ4n) is 1.38. The molecule has 0 saturated carbocycles. The van der Waals surface area contributed by atoms with Crippen LogP contribution in [0.3, 0.4) is 0 Å². The minimum Gasteiger partial charge on any atom is -0.384 e. The van der Waals surface area contributed by atoms with Crippen LogP contribution in [0.15, 0.2) is 36.4 Å². The number of halogens is 1. The molecule has 1 aromatic carbocycles. The molecule has 0 aliphatic rings. The molecule has 0 atom stereocenters. The topological polar surface area (TPSA) is 51.8 Å². The van der Waals surface area contributed by atoms with Gasteiger partial charge in [-0.3, -0.25) is 0 Å². The number of hydrogen-bond donors (Lipinski definition) is 1. The van der Waals surface area contributed by atoms with Crippen LogP contribution < -0.4 is 5.73 Å². The molecule has 0 aliphatic carbocycles. The second-order valence-corrected chi connectivity index (χ2v) is 3.55. The van der Waals surface area contributed by atoms with E-state index in [2.05, 4.69) is 9.97 Å². The summed E-state index contributed by atoms with van der Waals surface area (Å²) < 4.78 is 0. The van der Waals surface area contributed by atoms with Gasteiger partial charge in [0.05, 0.1) is 5.69 Å². The van der Waals surface area contributed by atoms with Gasteiger partial charge in [0.15, 0.2) is 0 Å². The monoisotopic (exact) mass is 219 g/mol. The van der Waals surface area contributed by atoms with E-state index in [0.717, 1.165) is 5.69 Å². The summed E-state index contributed by atoms with van der Waals surface area (Å²) in [4.78, 5) is 7.91. The van der Waals surface area contributed by atoms with Crippen LogP contribution in [0.1, 0.15) is 11.3 Å². The fourth-order valence-corrected chi connectivity index (χ4v) is 1.59. The number of nitrogens with two attached hydrogens (primary N) is 1. The molecule has 0 fully saturated rings. The van der Waals surface area contributed by atoms with Crippen LogP contribution in [-0.2, 0) is 6.42 Å². The summed E-state index contributed by atoms with van der Waals surface area (Å²) >= 11 is 5.71. The number of nitrogen functional groups attached to an aromatic ring is 1. The van der Waals surface area contributed by atoms with Crippen LogP contribution in [0.4, 0.5) is 5.82 Å². The number of anilines is 1. The normalized spacial score (nSPS) is 10.2. The minimum atomic E-state index is 0.195. The highest BCUT2D eigenvalue weighted by molar-refractivity contribution is 6.28. The summed E-state index contributed by atoms with van der Waals surface area (Å²) in [6, 6.07) is 11.8. The van der Waals surface area contributed by atoms with Crippen molar-refractivity contribution in [2.45, 2.75) is 6.42 Å². The Kier molecular flexibility index (Phi) is 2.83. The minimum absolute atomic E-state index is 0.195. The lowest BCUT2D eigenvalue weighted by atomic mass is 10.1. The van der Waals surface area contributed by atoms with E-state index in [1.165, 1.54) is 5.56 Å². The van der Waals surface area contributed by atoms with Crippen LogP contribution in [0.5, 0.6) is 0 Å². The van der Waals surface area contributed by atoms with Gasteiger partial charge in [0.25, 0.3) is 0 Å². The summed E-state index contributed by atoms with van der Waals surface area (Å²) in [5.41, 5.74) is 7.58. The lowest BCUT2D eigenvalue weighted by Crippen LogP contribution is -1.98. The Morgan fingerprint density at radius 2 is 1.87 bits per heavy atom. The van der Waals surface area contributed by atoms with Gasteiger partial charge in [0.1, 0.15) is 5.82 Å². The molecule has 2 N–H and O–H groups in total. The van der Waals surface area contributed by atoms with E-state index in [1.807, 2.05) is 30.3 Å². The second-order valence-electron chi connectivity index (χ2n) is 3.22. The van der Waals surface area contributed by atoms with E-state index in [4.69, 9.17) is 17.3 Å². The molecule has 76 valence electrons. The van der Waals surface area contributed by atoms with Gasteiger partial charge in [-0.1, -0.05) is 30.3 Å². The first-order valence-electron chi connectivity index (χ1n) is 4.57. The van der Waals surface area contributed by atoms with E-state index < -0.39 is 0 Å². The molecule has 0 bridgehead atoms. The van der Waals surface area contributed by atoms with Gasteiger partial charge < -0.3 is 5.73 Å². The van der Waals surface area contributed by atoms with Gasteiger partial charge in [0.2, 0.25) is 5.28 Å². The van der Waals surface area contributed by atoms with Crippen molar-refractivity contribution < 1.29 is 0 Å². The molecule has 3 nitrogen and oxygen atoms in total. The van der Waals surface area contributed by atoms with E-state index >= 15 is 0 Å². The van der Waals surface area contributed by atoms with Gasteiger partial charge in [-0.2, -0.15) is 0 Å². The third kappa shape index (κ3) is 2.67. The summed E-state index contributed by atoms with van der Waals surface area (Å²) in [6.07, 6.45) is 0.716. The smallest absolute Gasteiger partial charge is 0.224 e. The lowest BCUT2D eigenvalue weighted by Gasteiger charge is -2.02. The predicted octanol–water partition coefficient (Wildman–Crippen LogP) is 2.30. The molecule has 0 spiro atoms. The standard InChI is InChI=1S/C11H10ClN3/c12-11-14-9(7-10(13)15-11)6-8-4-2-1-3-5-8/h1-5,7H,6H2,(H2,13,14,15). The Bertz CT molecular complexity index is 436. The highest BCUT2D eigenvalue weighted by Crippen LogP contribution is 2.11. The summed E-state index contributed by atoms with van der Waals surface area (Å²) in [7, 11) is 0. The number of hydrogen-bond acceptors (Lipinski definition) is 3. The molecule has 0 saturated heterocycles. The summed E-state index contributed by atoms with van der Waals surface area (Å²) in [6.45, 7) is 0. The zero-order valence-corrected chi connectivity index (χ0v) is 8.78. The molecular formula is C11H10ClN3. The second kappa shape index (κ2) is 4.28. The first-order valence-corrected chi connectivity index (χ1v) is 4.95. The molecule has 15 heavy (non-hydrogen) atoms. The highest BCUT2D eigenvalue weighted by atomic mass is 35.5. The molecule has 0 unspecified atom stereocenters. The number of rotatable bonds is 2. The summed E-state index contributed by atoms with van der Waals surface area (Å²) in [5, 5.41) is 0.195. The number of benzene rings is 1. The van der Waals surface area contributed by atoms with E-state index in [9.17, 15) is 0 Å². The average molecular weight is 220 g/mol. The van der Waals surface area contributed by atoms with Crippen LogP contribution in [0.25, 0.3) is 0 Å². The molecule has 1 heterocycles. The van der Waals surface area contributed by atoms with E-state index in [-0.39, 0.29) is 5.28 Å². The molecule has 1 aromatic heterocycles. The third-order valence-electron chi connectivity index (χ3n) is 2.00. The van der Waals surface area contributed by atoms with Crippen molar-refractivity contribution >= 4 is 17.4 Å². The Balaban J connectivity index is 2.25. The Hall–Kier alpha value is -1.61. The van der Waals surface area contributed by atoms with Crippen molar-refractivity contribution in [3.05, 3.63) is 52.9 Å². The third-order valence-corrected chi connectivity index (χ3v) is 2.17. The molecule has 0 radical (unpaired) electrons. The van der Waals surface area contributed by atoms with Crippen LogP contribution >= 0.6 is 11.6 Å². The van der Waals surface area contributed by atoms with Crippen molar-refractivity contribution in [3.63, 3.8) is 0 Å². The zero-order chi connectivity index (χ0) is 10.7. The van der Waals surface area contributed by atoms with Crippen molar-refractivity contribution in [1.29, 1.82) is 0 Å². The molecule has 0 amide bonds. The first-order chi connectivity index (χ1) is 7.24. The van der Waals surface area contributed by atoms with Crippen molar-refractivity contribution in [1.82, 2.24) is 9.97 Å². The lowest BCUT2D eigenvalue weighted by molar-refractivity contribution is 1.03. The number of aromatic nitrogens is 2. The molecule has 0 aliphatic heterocycles.